The summed E-state index contributed by atoms with van der Waals surface area (Å²) in [7, 11) is 0. The largest absolute Gasteiger partial charge is 0.370 e. The topological polar surface area (TPSA) is 55.1 Å². The van der Waals surface area contributed by atoms with Crippen molar-refractivity contribution in [2.45, 2.75) is 31.8 Å². The van der Waals surface area contributed by atoms with E-state index in [9.17, 15) is 4.79 Å². The van der Waals surface area contributed by atoms with Crippen molar-refractivity contribution in [1.29, 1.82) is 0 Å². The quantitative estimate of drug-likeness (QED) is 0.669. The maximum Gasteiger partial charge on any atom is 0.219 e. The number of amides is 1. The van der Waals surface area contributed by atoms with Crippen LogP contribution in [0.4, 0.5) is 0 Å². The highest BCUT2D eigenvalue weighted by Gasteiger charge is 2.39. The van der Waals surface area contributed by atoms with Crippen LogP contribution in [0.3, 0.4) is 0 Å². The lowest BCUT2D eigenvalue weighted by atomic mass is 9.97. The second kappa shape index (κ2) is 3.66. The van der Waals surface area contributed by atoms with E-state index >= 15 is 0 Å². The monoisotopic (exact) mass is 188 g/mol. The number of hydrogen-bond donors (Lipinski definition) is 2. The third-order valence-corrected chi connectivity index (χ3v) is 3.38. The van der Waals surface area contributed by atoms with Crippen molar-refractivity contribution in [2.24, 2.45) is 5.73 Å². The standard InChI is InChI=1S/C8H16N2OS/c1-6(2)10-8(3-7(9)11)4-12-5-8/h6,10H,3-5H2,1-2H3,(H2,9,11). The SMILES string of the molecule is CC(C)NC1(CC(N)=O)CSC1. The van der Waals surface area contributed by atoms with Crippen LogP contribution in [0.1, 0.15) is 20.3 Å². The van der Waals surface area contributed by atoms with E-state index in [2.05, 4.69) is 19.2 Å². The lowest BCUT2D eigenvalue weighted by molar-refractivity contribution is -0.119. The number of nitrogens with two attached hydrogens (primary N) is 1. The van der Waals surface area contributed by atoms with Gasteiger partial charge in [-0.3, -0.25) is 4.79 Å². The van der Waals surface area contributed by atoms with Crippen molar-refractivity contribution in [3.05, 3.63) is 0 Å². The zero-order valence-electron chi connectivity index (χ0n) is 7.59. The molecule has 0 radical (unpaired) electrons. The molecule has 0 saturated carbocycles. The smallest absolute Gasteiger partial charge is 0.219 e. The normalized spacial score (nSPS) is 20.6. The summed E-state index contributed by atoms with van der Waals surface area (Å²) in [6.07, 6.45) is 0.470. The molecule has 0 aromatic heterocycles. The summed E-state index contributed by atoms with van der Waals surface area (Å²) in [4.78, 5) is 10.8. The maximum atomic E-state index is 10.8. The minimum Gasteiger partial charge on any atom is -0.370 e. The molecule has 70 valence electrons. The van der Waals surface area contributed by atoms with E-state index in [0.29, 0.717) is 12.5 Å². The van der Waals surface area contributed by atoms with Crippen molar-refractivity contribution in [2.75, 3.05) is 11.5 Å². The van der Waals surface area contributed by atoms with Crippen molar-refractivity contribution < 1.29 is 4.79 Å². The highest BCUT2D eigenvalue weighted by atomic mass is 32.2. The number of hydrogen-bond acceptors (Lipinski definition) is 3. The molecule has 0 unspecified atom stereocenters. The van der Waals surface area contributed by atoms with Gasteiger partial charge in [0, 0.05) is 29.5 Å². The zero-order chi connectivity index (χ0) is 9.19. The van der Waals surface area contributed by atoms with E-state index in [1.165, 1.54) is 0 Å². The van der Waals surface area contributed by atoms with Gasteiger partial charge in [-0.15, -0.1) is 0 Å². The molecule has 0 spiro atoms. The number of carbonyl (C=O) groups excluding carboxylic acids is 1. The zero-order valence-corrected chi connectivity index (χ0v) is 8.41. The fourth-order valence-electron chi connectivity index (χ4n) is 1.53. The van der Waals surface area contributed by atoms with Gasteiger partial charge in [0.2, 0.25) is 5.91 Å². The van der Waals surface area contributed by atoms with Crippen LogP contribution in [-0.4, -0.2) is 29.0 Å². The Labute approximate surface area is 77.5 Å². The summed E-state index contributed by atoms with van der Waals surface area (Å²) in [6, 6.07) is 0.422. The maximum absolute atomic E-state index is 10.8. The van der Waals surface area contributed by atoms with Gasteiger partial charge in [-0.25, -0.2) is 0 Å². The van der Waals surface area contributed by atoms with Crippen LogP contribution in [-0.2, 0) is 4.79 Å². The van der Waals surface area contributed by atoms with Crippen LogP contribution in [0.2, 0.25) is 0 Å². The molecule has 1 aliphatic rings. The molecule has 1 rings (SSSR count). The summed E-state index contributed by atoms with van der Waals surface area (Å²) in [5, 5.41) is 3.40. The predicted molar refractivity (Wildman–Crippen MR) is 52.1 cm³/mol. The van der Waals surface area contributed by atoms with E-state index in [1.807, 2.05) is 11.8 Å². The summed E-state index contributed by atoms with van der Waals surface area (Å²) in [5.41, 5.74) is 5.18. The minimum atomic E-state index is -0.205. The molecule has 12 heavy (non-hydrogen) atoms. The fraction of sp³-hybridized carbons (Fsp3) is 0.875. The van der Waals surface area contributed by atoms with E-state index in [4.69, 9.17) is 5.73 Å². The van der Waals surface area contributed by atoms with Gasteiger partial charge < -0.3 is 11.1 Å². The van der Waals surface area contributed by atoms with Gasteiger partial charge >= 0.3 is 0 Å². The molecule has 1 aliphatic heterocycles. The first-order valence-electron chi connectivity index (χ1n) is 4.18. The summed E-state index contributed by atoms with van der Waals surface area (Å²) in [6.45, 7) is 4.18. The molecule has 0 bridgehead atoms. The lowest BCUT2D eigenvalue weighted by Gasteiger charge is -2.42. The third-order valence-electron chi connectivity index (χ3n) is 1.86. The van der Waals surface area contributed by atoms with Crippen molar-refractivity contribution in [3.63, 3.8) is 0 Å². The van der Waals surface area contributed by atoms with E-state index in [-0.39, 0.29) is 11.4 Å². The Hall–Kier alpha value is -0.220. The molecule has 1 amide bonds. The van der Waals surface area contributed by atoms with Crippen molar-refractivity contribution >= 4 is 17.7 Å². The van der Waals surface area contributed by atoms with Gasteiger partial charge in [0.05, 0.1) is 0 Å². The van der Waals surface area contributed by atoms with Gasteiger partial charge in [0.25, 0.3) is 0 Å². The van der Waals surface area contributed by atoms with Crippen LogP contribution >= 0.6 is 11.8 Å². The van der Waals surface area contributed by atoms with Gasteiger partial charge in [0.15, 0.2) is 0 Å². The molecule has 3 N–H and O–H groups in total. The number of thioether (sulfide) groups is 1. The van der Waals surface area contributed by atoms with Gasteiger partial charge in [-0.1, -0.05) is 13.8 Å². The molecule has 0 aromatic rings. The van der Waals surface area contributed by atoms with Crippen LogP contribution in [0.15, 0.2) is 0 Å². The molecule has 1 fully saturated rings. The van der Waals surface area contributed by atoms with Crippen molar-refractivity contribution in [1.82, 2.24) is 5.32 Å². The Morgan fingerprint density at radius 2 is 2.25 bits per heavy atom. The Morgan fingerprint density at radius 1 is 1.67 bits per heavy atom. The highest BCUT2D eigenvalue weighted by Crippen LogP contribution is 2.32. The van der Waals surface area contributed by atoms with Crippen LogP contribution in [0, 0.1) is 0 Å². The number of carbonyl (C=O) groups is 1. The average Bonchev–Trinajstić information content (AvgIpc) is 1.80. The Kier molecular flexibility index (Phi) is 3.01. The fourth-order valence-corrected chi connectivity index (χ4v) is 2.60. The highest BCUT2D eigenvalue weighted by molar-refractivity contribution is 8.00. The van der Waals surface area contributed by atoms with E-state index < -0.39 is 0 Å². The second-order valence-electron chi connectivity index (χ2n) is 3.72. The third kappa shape index (κ3) is 2.38. The summed E-state index contributed by atoms with van der Waals surface area (Å²) >= 11 is 1.86. The molecular weight excluding hydrogens is 172 g/mol. The number of rotatable bonds is 4. The van der Waals surface area contributed by atoms with Crippen LogP contribution < -0.4 is 11.1 Å². The molecule has 0 atom stereocenters. The van der Waals surface area contributed by atoms with E-state index in [1.54, 1.807) is 0 Å². The average molecular weight is 188 g/mol. The molecule has 0 aromatic carbocycles. The van der Waals surface area contributed by atoms with Gasteiger partial charge in [-0.05, 0) is 0 Å². The first-order valence-corrected chi connectivity index (χ1v) is 5.33. The van der Waals surface area contributed by atoms with Gasteiger partial charge in [-0.2, -0.15) is 11.8 Å². The second-order valence-corrected chi connectivity index (χ2v) is 4.70. The molecule has 0 aliphatic carbocycles. The first-order chi connectivity index (χ1) is 5.54. The van der Waals surface area contributed by atoms with Gasteiger partial charge in [0.1, 0.15) is 0 Å². The first kappa shape index (κ1) is 9.86. The lowest BCUT2D eigenvalue weighted by Crippen LogP contribution is -2.59. The Bertz CT molecular complexity index is 178. The molecule has 1 heterocycles. The summed E-state index contributed by atoms with van der Waals surface area (Å²) in [5.74, 6) is 1.81. The van der Waals surface area contributed by atoms with Crippen molar-refractivity contribution in [3.8, 4) is 0 Å². The predicted octanol–water partition coefficient (Wildman–Crippen LogP) is 0.345. The Balaban J connectivity index is 2.45. The Morgan fingerprint density at radius 3 is 2.50 bits per heavy atom. The molecular formula is C8H16N2OS. The molecule has 3 nitrogen and oxygen atoms in total. The van der Waals surface area contributed by atoms with Crippen LogP contribution in [0.5, 0.6) is 0 Å². The van der Waals surface area contributed by atoms with E-state index in [0.717, 1.165) is 11.5 Å². The summed E-state index contributed by atoms with van der Waals surface area (Å²) < 4.78 is 0. The minimum absolute atomic E-state index is 0.00463. The van der Waals surface area contributed by atoms with Crippen LogP contribution in [0.25, 0.3) is 0 Å². The number of primary amides is 1. The molecule has 4 heteroatoms. The molecule has 1 saturated heterocycles. The number of nitrogens with one attached hydrogen (secondary N) is 1.